The van der Waals surface area contributed by atoms with Gasteiger partial charge in [-0.05, 0) is 0 Å². The van der Waals surface area contributed by atoms with Gasteiger partial charge in [-0.1, -0.05) is 6.92 Å². The number of fused-ring (bicyclic) bond motifs is 1. The zero-order chi connectivity index (χ0) is 16.4. The van der Waals surface area contributed by atoms with E-state index in [1.54, 1.807) is 6.92 Å². The van der Waals surface area contributed by atoms with Crippen LogP contribution in [0, 0.1) is 22.0 Å². The van der Waals surface area contributed by atoms with E-state index in [4.69, 9.17) is 14.2 Å². The first kappa shape index (κ1) is 16.2. The first-order valence-electron chi connectivity index (χ1n) is 6.89. The molecule has 1 aliphatic carbocycles. The van der Waals surface area contributed by atoms with E-state index in [2.05, 4.69) is 9.98 Å². The van der Waals surface area contributed by atoms with Crippen molar-refractivity contribution in [3.05, 3.63) is 10.1 Å². The van der Waals surface area contributed by atoms with Gasteiger partial charge in [0.2, 0.25) is 6.04 Å². The molecule has 122 valence electrons. The van der Waals surface area contributed by atoms with Gasteiger partial charge in [0.15, 0.2) is 0 Å². The molecule has 0 radical (unpaired) electrons. The number of aliphatic imine (C=N–C) groups is 2. The molecule has 9 heteroatoms. The first-order chi connectivity index (χ1) is 10.4. The Morgan fingerprint density at radius 3 is 2.32 bits per heavy atom. The van der Waals surface area contributed by atoms with Crippen LogP contribution < -0.4 is 0 Å². The Morgan fingerprint density at radius 1 is 1.23 bits per heavy atom. The Labute approximate surface area is 127 Å². The second-order valence-corrected chi connectivity index (χ2v) is 5.33. The Balaban J connectivity index is 2.43. The van der Waals surface area contributed by atoms with Crippen LogP contribution in [0.25, 0.3) is 0 Å². The molecule has 5 unspecified atom stereocenters. The number of ether oxygens (including phenoxy) is 3. The quantitative estimate of drug-likeness (QED) is 0.411. The fraction of sp³-hybridized carbons (Fsp3) is 0.769. The summed E-state index contributed by atoms with van der Waals surface area (Å²) >= 11 is 0. The fourth-order valence-electron chi connectivity index (χ4n) is 3.13. The number of carbonyl (C=O) groups excluding carboxylic acids is 1. The van der Waals surface area contributed by atoms with Gasteiger partial charge in [-0.15, -0.1) is 0 Å². The average molecular weight is 313 g/mol. The summed E-state index contributed by atoms with van der Waals surface area (Å²) < 4.78 is 15.0. The molecule has 0 aromatic heterocycles. The van der Waals surface area contributed by atoms with Crippen molar-refractivity contribution in [2.75, 3.05) is 21.3 Å². The molecular formula is C13H19N3O6. The van der Waals surface area contributed by atoms with Crippen LogP contribution in [0.5, 0.6) is 0 Å². The van der Waals surface area contributed by atoms with Gasteiger partial charge in [-0.2, -0.15) is 0 Å². The van der Waals surface area contributed by atoms with E-state index < -0.39 is 35.9 Å². The van der Waals surface area contributed by atoms with Crippen molar-refractivity contribution in [3.63, 3.8) is 0 Å². The predicted octanol–water partition coefficient (Wildman–Crippen LogP) is 0.301. The van der Waals surface area contributed by atoms with Gasteiger partial charge in [-0.3, -0.25) is 14.9 Å². The van der Waals surface area contributed by atoms with Crippen molar-refractivity contribution in [3.8, 4) is 0 Å². The van der Waals surface area contributed by atoms with Gasteiger partial charge >= 0.3 is 5.97 Å². The molecule has 2 aliphatic rings. The Kier molecular flexibility index (Phi) is 4.62. The summed E-state index contributed by atoms with van der Waals surface area (Å²) in [6.07, 6.45) is 0.194. The lowest BCUT2D eigenvalue weighted by atomic mass is 9.71. The van der Waals surface area contributed by atoms with Gasteiger partial charge in [0.1, 0.15) is 0 Å². The minimum atomic E-state index is -0.883. The highest BCUT2D eigenvalue weighted by Gasteiger charge is 2.53. The number of rotatable bonds is 2. The molecule has 0 saturated heterocycles. The van der Waals surface area contributed by atoms with Crippen LogP contribution in [0.3, 0.4) is 0 Å². The van der Waals surface area contributed by atoms with Gasteiger partial charge in [0.25, 0.3) is 11.8 Å². The van der Waals surface area contributed by atoms with E-state index in [9.17, 15) is 14.9 Å². The van der Waals surface area contributed by atoms with Crippen molar-refractivity contribution in [2.24, 2.45) is 21.8 Å². The van der Waals surface area contributed by atoms with Crippen LogP contribution >= 0.6 is 0 Å². The van der Waals surface area contributed by atoms with Gasteiger partial charge in [0.05, 0.1) is 39.3 Å². The first-order valence-corrected chi connectivity index (χ1v) is 6.89. The summed E-state index contributed by atoms with van der Waals surface area (Å²) in [6.45, 7) is 1.67. The van der Waals surface area contributed by atoms with Crippen LogP contribution in [0.4, 0.5) is 0 Å². The molecule has 0 N–H and O–H groups in total. The number of methoxy groups -OCH3 is 3. The third kappa shape index (κ3) is 2.62. The van der Waals surface area contributed by atoms with Crippen LogP contribution in [-0.4, -0.2) is 62.1 Å². The van der Waals surface area contributed by atoms with Crippen molar-refractivity contribution in [1.82, 2.24) is 0 Å². The number of nitro groups is 1. The van der Waals surface area contributed by atoms with Crippen LogP contribution in [0.1, 0.15) is 13.3 Å². The summed E-state index contributed by atoms with van der Waals surface area (Å²) in [5.41, 5.74) is 0. The molecule has 0 amide bonds. The zero-order valence-electron chi connectivity index (χ0n) is 12.9. The summed E-state index contributed by atoms with van der Waals surface area (Å²) in [5, 5.41) is 11.3. The maximum atomic E-state index is 12.1. The number of hydrogen-bond donors (Lipinski definition) is 0. The number of esters is 1. The number of carbonyl (C=O) groups is 1. The van der Waals surface area contributed by atoms with Crippen molar-refractivity contribution in [2.45, 2.75) is 31.5 Å². The highest BCUT2D eigenvalue weighted by atomic mass is 16.6. The van der Waals surface area contributed by atoms with Crippen molar-refractivity contribution in [1.29, 1.82) is 0 Å². The summed E-state index contributed by atoms with van der Waals surface area (Å²) in [6, 6.07) is -1.94. The molecule has 1 aliphatic heterocycles. The molecule has 1 saturated carbocycles. The molecular weight excluding hydrogens is 294 g/mol. The van der Waals surface area contributed by atoms with E-state index in [0.717, 1.165) is 0 Å². The molecule has 0 bridgehead atoms. The van der Waals surface area contributed by atoms with E-state index in [1.165, 1.54) is 21.3 Å². The van der Waals surface area contributed by atoms with E-state index in [1.807, 2.05) is 0 Å². The van der Waals surface area contributed by atoms with Crippen molar-refractivity contribution >= 4 is 17.8 Å². The second kappa shape index (κ2) is 6.29. The van der Waals surface area contributed by atoms with Gasteiger partial charge in [0, 0.05) is 17.3 Å². The third-order valence-corrected chi connectivity index (χ3v) is 4.28. The summed E-state index contributed by atoms with van der Waals surface area (Å²) in [7, 11) is 4.10. The highest BCUT2D eigenvalue weighted by molar-refractivity contribution is 6.35. The van der Waals surface area contributed by atoms with E-state index in [0.29, 0.717) is 0 Å². The molecule has 0 aromatic rings. The normalized spacial score (nSPS) is 33.9. The molecule has 0 spiro atoms. The minimum absolute atomic E-state index is 0.184. The van der Waals surface area contributed by atoms with Crippen LogP contribution in [0.2, 0.25) is 0 Å². The van der Waals surface area contributed by atoms with Crippen LogP contribution in [-0.2, 0) is 19.0 Å². The minimum Gasteiger partial charge on any atom is -0.477 e. The lowest BCUT2D eigenvalue weighted by molar-refractivity contribution is -0.537. The lowest BCUT2D eigenvalue weighted by Crippen LogP contribution is -2.54. The van der Waals surface area contributed by atoms with Gasteiger partial charge in [-0.25, -0.2) is 9.98 Å². The van der Waals surface area contributed by atoms with Crippen molar-refractivity contribution < 1.29 is 23.9 Å². The fourth-order valence-corrected chi connectivity index (χ4v) is 3.13. The smallest absolute Gasteiger partial charge is 0.311 e. The molecule has 22 heavy (non-hydrogen) atoms. The predicted molar refractivity (Wildman–Crippen MR) is 76.5 cm³/mol. The molecule has 0 aromatic carbocycles. The third-order valence-electron chi connectivity index (χ3n) is 4.28. The average Bonchev–Trinajstić information content (AvgIpc) is 2.51. The lowest BCUT2D eigenvalue weighted by Gasteiger charge is -2.39. The molecule has 2 rings (SSSR count). The SMILES string of the molecule is COC(=O)C1C(C)C([N+](=O)[O-])CC2N=C(OC)C(OC)=NC21. The summed E-state index contributed by atoms with van der Waals surface area (Å²) in [4.78, 5) is 31.7. The highest BCUT2D eigenvalue weighted by Crippen LogP contribution is 2.38. The second-order valence-electron chi connectivity index (χ2n) is 5.33. The summed E-state index contributed by atoms with van der Waals surface area (Å²) in [5.74, 6) is -1.41. The Morgan fingerprint density at radius 2 is 1.82 bits per heavy atom. The zero-order valence-corrected chi connectivity index (χ0v) is 12.9. The largest absolute Gasteiger partial charge is 0.477 e. The molecule has 1 heterocycles. The standard InChI is InChI=1S/C13H19N3O6/c1-6-8(16(18)19)5-7-10(9(6)13(17)22-4)15-12(21-3)11(14-7)20-2/h6-10H,5H2,1-4H3. The van der Waals surface area contributed by atoms with Gasteiger partial charge < -0.3 is 14.2 Å². The maximum absolute atomic E-state index is 12.1. The van der Waals surface area contributed by atoms with E-state index in [-0.39, 0.29) is 23.1 Å². The molecule has 9 nitrogen and oxygen atoms in total. The Bertz CT molecular complexity index is 532. The van der Waals surface area contributed by atoms with Crippen LogP contribution in [0.15, 0.2) is 9.98 Å². The maximum Gasteiger partial charge on any atom is 0.311 e. The molecule has 5 atom stereocenters. The monoisotopic (exact) mass is 313 g/mol. The molecule has 1 fully saturated rings. The van der Waals surface area contributed by atoms with E-state index >= 15 is 0 Å². The number of hydrogen-bond acceptors (Lipinski definition) is 8. The topological polar surface area (TPSA) is 113 Å². The Hall–Kier alpha value is -2.19. The number of nitrogens with zero attached hydrogens (tertiary/aromatic N) is 3.